The van der Waals surface area contributed by atoms with Gasteiger partial charge in [0.05, 0.1) is 17.2 Å². The second kappa shape index (κ2) is 3.53. The first-order valence-electron chi connectivity index (χ1n) is 4.43. The van der Waals surface area contributed by atoms with Gasteiger partial charge in [0.2, 0.25) is 5.75 Å². The van der Waals surface area contributed by atoms with E-state index < -0.39 is 4.92 Å². The van der Waals surface area contributed by atoms with E-state index in [0.717, 1.165) is 13.0 Å². The third kappa shape index (κ3) is 1.48. The van der Waals surface area contributed by atoms with E-state index >= 15 is 0 Å². The number of benzene rings is 1. The van der Waals surface area contributed by atoms with E-state index in [9.17, 15) is 10.1 Å². The average molecular weight is 194 g/mol. The topological polar surface area (TPSA) is 64.4 Å². The van der Waals surface area contributed by atoms with E-state index in [1.165, 1.54) is 6.07 Å². The molecule has 0 spiro atoms. The molecule has 0 aromatic heterocycles. The maximum Gasteiger partial charge on any atom is 0.313 e. The van der Waals surface area contributed by atoms with Crippen molar-refractivity contribution < 1.29 is 9.66 Å². The zero-order valence-corrected chi connectivity index (χ0v) is 7.53. The first-order valence-corrected chi connectivity index (χ1v) is 4.43. The van der Waals surface area contributed by atoms with Gasteiger partial charge in [-0.3, -0.25) is 10.1 Å². The standard InChI is InChI=1S/C9H10N2O3/c12-11(13)8-4-1-3-7-9(8)14-6-2-5-10-7/h1,3-4,10H,2,5-6H2. The lowest BCUT2D eigenvalue weighted by Gasteiger charge is -2.06. The molecule has 1 aromatic rings. The van der Waals surface area contributed by atoms with Crippen LogP contribution in [0.1, 0.15) is 6.42 Å². The Labute approximate surface area is 80.8 Å². The molecule has 0 amide bonds. The van der Waals surface area contributed by atoms with E-state index in [4.69, 9.17) is 4.74 Å². The van der Waals surface area contributed by atoms with Gasteiger partial charge >= 0.3 is 5.69 Å². The summed E-state index contributed by atoms with van der Waals surface area (Å²) in [5.74, 6) is 0.356. The summed E-state index contributed by atoms with van der Waals surface area (Å²) in [6, 6.07) is 4.89. The highest BCUT2D eigenvalue weighted by molar-refractivity contribution is 5.66. The highest BCUT2D eigenvalue weighted by Crippen LogP contribution is 2.35. The van der Waals surface area contributed by atoms with Crippen molar-refractivity contribution in [3.8, 4) is 5.75 Å². The van der Waals surface area contributed by atoms with Crippen LogP contribution in [0, 0.1) is 10.1 Å². The Hall–Kier alpha value is -1.78. The molecule has 2 rings (SSSR count). The number of nitro groups is 1. The minimum atomic E-state index is -0.425. The number of hydrogen-bond donors (Lipinski definition) is 1. The fourth-order valence-corrected chi connectivity index (χ4v) is 1.43. The van der Waals surface area contributed by atoms with Crippen molar-refractivity contribution in [2.24, 2.45) is 0 Å². The van der Waals surface area contributed by atoms with E-state index in [0.29, 0.717) is 18.0 Å². The Morgan fingerprint density at radius 2 is 2.36 bits per heavy atom. The van der Waals surface area contributed by atoms with Crippen molar-refractivity contribution in [3.05, 3.63) is 28.3 Å². The summed E-state index contributed by atoms with van der Waals surface area (Å²) < 4.78 is 5.34. The Bertz CT molecular complexity index is 365. The Balaban J connectivity index is 2.47. The van der Waals surface area contributed by atoms with E-state index in [2.05, 4.69) is 5.32 Å². The number of nitrogens with zero attached hydrogens (tertiary/aromatic N) is 1. The van der Waals surface area contributed by atoms with Gasteiger partial charge in [-0.15, -0.1) is 0 Å². The summed E-state index contributed by atoms with van der Waals surface area (Å²) in [4.78, 5) is 10.3. The summed E-state index contributed by atoms with van der Waals surface area (Å²) in [6.07, 6.45) is 0.853. The minimum Gasteiger partial charge on any atom is -0.485 e. The number of nitrogens with one attached hydrogen (secondary N) is 1. The van der Waals surface area contributed by atoms with Gasteiger partial charge in [0.15, 0.2) is 0 Å². The lowest BCUT2D eigenvalue weighted by atomic mass is 10.2. The molecular weight excluding hydrogens is 184 g/mol. The molecule has 14 heavy (non-hydrogen) atoms. The van der Waals surface area contributed by atoms with Gasteiger partial charge in [-0.25, -0.2) is 0 Å². The van der Waals surface area contributed by atoms with Crippen molar-refractivity contribution in [3.63, 3.8) is 0 Å². The first-order chi connectivity index (χ1) is 6.79. The van der Waals surface area contributed by atoms with Crippen LogP contribution in [0.3, 0.4) is 0 Å². The summed E-state index contributed by atoms with van der Waals surface area (Å²) in [7, 11) is 0. The van der Waals surface area contributed by atoms with Crippen molar-refractivity contribution >= 4 is 11.4 Å². The van der Waals surface area contributed by atoms with Crippen LogP contribution in [-0.2, 0) is 0 Å². The SMILES string of the molecule is O=[N+]([O-])c1cccc2c1OCCCN2. The number of anilines is 1. The Morgan fingerprint density at radius 1 is 1.50 bits per heavy atom. The molecule has 0 saturated heterocycles. The largest absolute Gasteiger partial charge is 0.485 e. The zero-order valence-electron chi connectivity index (χ0n) is 7.53. The van der Waals surface area contributed by atoms with Crippen molar-refractivity contribution in [2.75, 3.05) is 18.5 Å². The second-order valence-corrected chi connectivity index (χ2v) is 3.04. The third-order valence-corrected chi connectivity index (χ3v) is 2.07. The van der Waals surface area contributed by atoms with Gasteiger partial charge in [-0.1, -0.05) is 6.07 Å². The predicted octanol–water partition coefficient (Wildman–Crippen LogP) is 1.79. The molecule has 1 N–H and O–H groups in total. The number of fused-ring (bicyclic) bond motifs is 1. The van der Waals surface area contributed by atoms with Gasteiger partial charge in [0, 0.05) is 12.6 Å². The third-order valence-electron chi connectivity index (χ3n) is 2.07. The average Bonchev–Trinajstić information content (AvgIpc) is 2.41. The Kier molecular flexibility index (Phi) is 2.22. The molecule has 0 unspecified atom stereocenters. The molecule has 0 atom stereocenters. The number of hydrogen-bond acceptors (Lipinski definition) is 4. The van der Waals surface area contributed by atoms with Crippen LogP contribution in [0.2, 0.25) is 0 Å². The molecule has 0 aliphatic carbocycles. The minimum absolute atomic E-state index is 0.0249. The van der Waals surface area contributed by atoms with Gasteiger partial charge in [0.25, 0.3) is 0 Å². The molecule has 0 saturated carbocycles. The first kappa shape index (κ1) is 8.80. The molecule has 74 valence electrons. The van der Waals surface area contributed by atoms with Gasteiger partial charge in [-0.2, -0.15) is 0 Å². The fraction of sp³-hybridized carbons (Fsp3) is 0.333. The number of ether oxygens (including phenoxy) is 1. The lowest BCUT2D eigenvalue weighted by Crippen LogP contribution is -1.99. The quantitative estimate of drug-likeness (QED) is 0.546. The number of nitro benzene ring substituents is 1. The maximum atomic E-state index is 10.7. The normalized spacial score (nSPS) is 14.6. The predicted molar refractivity (Wildman–Crippen MR) is 51.7 cm³/mol. The Morgan fingerprint density at radius 3 is 3.14 bits per heavy atom. The molecular formula is C9H10N2O3. The molecule has 0 bridgehead atoms. The molecule has 1 aliphatic rings. The van der Waals surface area contributed by atoms with Gasteiger partial charge in [0.1, 0.15) is 0 Å². The zero-order chi connectivity index (χ0) is 9.97. The van der Waals surface area contributed by atoms with Crippen LogP contribution in [0.15, 0.2) is 18.2 Å². The number of para-hydroxylation sites is 1. The molecule has 0 fully saturated rings. The second-order valence-electron chi connectivity index (χ2n) is 3.04. The van der Waals surface area contributed by atoms with E-state index in [1.54, 1.807) is 12.1 Å². The van der Waals surface area contributed by atoms with Crippen LogP contribution >= 0.6 is 0 Å². The molecule has 0 radical (unpaired) electrons. The molecule has 1 aliphatic heterocycles. The summed E-state index contributed by atoms with van der Waals surface area (Å²) in [6.45, 7) is 1.30. The molecule has 1 heterocycles. The van der Waals surface area contributed by atoms with E-state index in [-0.39, 0.29) is 5.69 Å². The van der Waals surface area contributed by atoms with Crippen LogP contribution < -0.4 is 10.1 Å². The van der Waals surface area contributed by atoms with Crippen molar-refractivity contribution in [1.82, 2.24) is 0 Å². The van der Waals surface area contributed by atoms with E-state index in [1.807, 2.05) is 0 Å². The van der Waals surface area contributed by atoms with Crippen molar-refractivity contribution in [2.45, 2.75) is 6.42 Å². The summed E-state index contributed by atoms with van der Waals surface area (Å²) >= 11 is 0. The molecule has 5 nitrogen and oxygen atoms in total. The van der Waals surface area contributed by atoms with Crippen molar-refractivity contribution in [1.29, 1.82) is 0 Å². The van der Waals surface area contributed by atoms with Crippen LogP contribution in [0.25, 0.3) is 0 Å². The summed E-state index contributed by atoms with van der Waals surface area (Å²) in [5, 5.41) is 13.8. The lowest BCUT2D eigenvalue weighted by molar-refractivity contribution is -0.385. The highest BCUT2D eigenvalue weighted by Gasteiger charge is 2.20. The molecule has 5 heteroatoms. The van der Waals surface area contributed by atoms with Crippen LogP contribution in [-0.4, -0.2) is 18.1 Å². The molecule has 1 aromatic carbocycles. The van der Waals surface area contributed by atoms with Gasteiger partial charge < -0.3 is 10.1 Å². The fourth-order valence-electron chi connectivity index (χ4n) is 1.43. The van der Waals surface area contributed by atoms with Crippen LogP contribution in [0.4, 0.5) is 11.4 Å². The highest BCUT2D eigenvalue weighted by atomic mass is 16.6. The van der Waals surface area contributed by atoms with Crippen LogP contribution in [0.5, 0.6) is 5.75 Å². The smallest absolute Gasteiger partial charge is 0.313 e. The van der Waals surface area contributed by atoms with Gasteiger partial charge in [-0.05, 0) is 12.5 Å². The monoisotopic (exact) mass is 194 g/mol. The maximum absolute atomic E-state index is 10.7. The number of rotatable bonds is 1. The summed E-state index contributed by atoms with van der Waals surface area (Å²) in [5.41, 5.74) is 0.730.